The topological polar surface area (TPSA) is 56.2 Å². The molecule has 0 radical (unpaired) electrons. The van der Waals surface area contributed by atoms with E-state index >= 15 is 0 Å². The van der Waals surface area contributed by atoms with Gasteiger partial charge in [0.05, 0.1) is 11.3 Å². The quantitative estimate of drug-likeness (QED) is 0.669. The number of carbonyl (C=O) groups excluding carboxylic acids is 1. The largest absolute Gasteiger partial charge is 0.449 e. The maximum atomic E-state index is 13.7. The standard InChI is InChI=1S/C14H9ClFNO3/c1-6-12(7(2)20-17-6)13(18)11-4-8-3-9(15)5-10(16)14(8)19-11/h3-5H,1-2H3. The lowest BCUT2D eigenvalue weighted by Gasteiger charge is -1.95. The molecule has 2 heterocycles. The lowest BCUT2D eigenvalue weighted by atomic mass is 10.1. The predicted molar refractivity (Wildman–Crippen MR) is 70.6 cm³/mol. The molecule has 20 heavy (non-hydrogen) atoms. The zero-order chi connectivity index (χ0) is 14.4. The van der Waals surface area contributed by atoms with Crippen LogP contribution in [0.2, 0.25) is 5.02 Å². The van der Waals surface area contributed by atoms with Gasteiger partial charge >= 0.3 is 0 Å². The first-order valence-corrected chi connectivity index (χ1v) is 6.21. The molecule has 0 amide bonds. The van der Waals surface area contributed by atoms with E-state index in [1.54, 1.807) is 13.8 Å². The fourth-order valence-electron chi connectivity index (χ4n) is 2.12. The minimum Gasteiger partial charge on any atom is -0.449 e. The van der Waals surface area contributed by atoms with Crippen molar-refractivity contribution in [2.45, 2.75) is 13.8 Å². The summed E-state index contributed by atoms with van der Waals surface area (Å²) in [6.07, 6.45) is 0. The molecule has 0 saturated heterocycles. The number of aromatic nitrogens is 1. The van der Waals surface area contributed by atoms with Crippen LogP contribution in [0.3, 0.4) is 0 Å². The molecule has 0 saturated carbocycles. The molecule has 0 aliphatic rings. The van der Waals surface area contributed by atoms with Gasteiger partial charge in [-0.05, 0) is 32.0 Å². The summed E-state index contributed by atoms with van der Waals surface area (Å²) >= 11 is 5.77. The minimum atomic E-state index is -0.606. The number of halogens is 2. The molecule has 3 aromatic rings. The van der Waals surface area contributed by atoms with Gasteiger partial charge in [0, 0.05) is 10.4 Å². The van der Waals surface area contributed by atoms with Crippen molar-refractivity contribution in [1.82, 2.24) is 5.16 Å². The summed E-state index contributed by atoms with van der Waals surface area (Å²) in [5.74, 6) is -0.583. The highest BCUT2D eigenvalue weighted by Gasteiger charge is 2.23. The summed E-state index contributed by atoms with van der Waals surface area (Å²) < 4.78 is 23.9. The van der Waals surface area contributed by atoms with Crippen molar-refractivity contribution in [2.75, 3.05) is 0 Å². The van der Waals surface area contributed by atoms with Crippen LogP contribution < -0.4 is 0 Å². The fourth-order valence-corrected chi connectivity index (χ4v) is 2.33. The number of furan rings is 1. The Morgan fingerprint density at radius 1 is 1.30 bits per heavy atom. The lowest BCUT2D eigenvalue weighted by Crippen LogP contribution is -2.02. The van der Waals surface area contributed by atoms with E-state index in [0.29, 0.717) is 22.4 Å². The third-order valence-corrected chi connectivity index (χ3v) is 3.24. The Morgan fingerprint density at radius 2 is 2.05 bits per heavy atom. The summed E-state index contributed by atoms with van der Waals surface area (Å²) in [6, 6.07) is 4.13. The summed E-state index contributed by atoms with van der Waals surface area (Å²) in [4.78, 5) is 12.4. The average Bonchev–Trinajstić information content (AvgIpc) is 2.93. The Morgan fingerprint density at radius 3 is 2.70 bits per heavy atom. The maximum Gasteiger partial charge on any atom is 0.233 e. The zero-order valence-electron chi connectivity index (χ0n) is 10.7. The number of fused-ring (bicyclic) bond motifs is 1. The molecular formula is C14H9ClFNO3. The van der Waals surface area contributed by atoms with Crippen molar-refractivity contribution in [3.05, 3.63) is 51.8 Å². The Kier molecular flexibility index (Phi) is 2.87. The molecule has 0 aliphatic heterocycles. The SMILES string of the molecule is Cc1noc(C)c1C(=O)c1cc2cc(Cl)cc(F)c2o1. The second-order valence-electron chi connectivity index (χ2n) is 4.44. The third kappa shape index (κ3) is 1.91. The first-order valence-electron chi connectivity index (χ1n) is 5.83. The van der Waals surface area contributed by atoms with Crippen LogP contribution in [0.1, 0.15) is 27.6 Å². The molecule has 6 heteroatoms. The second-order valence-corrected chi connectivity index (χ2v) is 4.88. The molecule has 0 aliphatic carbocycles. The molecular weight excluding hydrogens is 285 g/mol. The van der Waals surface area contributed by atoms with Crippen molar-refractivity contribution in [1.29, 1.82) is 0 Å². The maximum absolute atomic E-state index is 13.7. The van der Waals surface area contributed by atoms with Gasteiger partial charge in [-0.2, -0.15) is 0 Å². The van der Waals surface area contributed by atoms with E-state index in [-0.39, 0.29) is 16.4 Å². The predicted octanol–water partition coefficient (Wildman–Crippen LogP) is 4.06. The van der Waals surface area contributed by atoms with Crippen molar-refractivity contribution < 1.29 is 18.1 Å². The van der Waals surface area contributed by atoms with Gasteiger partial charge in [-0.15, -0.1) is 0 Å². The minimum absolute atomic E-state index is 0.00418. The van der Waals surface area contributed by atoms with Crippen LogP contribution in [0.5, 0.6) is 0 Å². The number of rotatable bonds is 2. The molecule has 0 bridgehead atoms. The van der Waals surface area contributed by atoms with Gasteiger partial charge in [-0.1, -0.05) is 16.8 Å². The molecule has 0 N–H and O–H groups in total. The van der Waals surface area contributed by atoms with Crippen LogP contribution in [0.4, 0.5) is 4.39 Å². The lowest BCUT2D eigenvalue weighted by molar-refractivity contribution is 0.101. The van der Waals surface area contributed by atoms with Crippen LogP contribution in [0.15, 0.2) is 27.1 Å². The van der Waals surface area contributed by atoms with Crippen molar-refractivity contribution in [2.24, 2.45) is 0 Å². The van der Waals surface area contributed by atoms with Gasteiger partial charge in [0.25, 0.3) is 0 Å². The van der Waals surface area contributed by atoms with E-state index in [4.69, 9.17) is 20.5 Å². The summed E-state index contributed by atoms with van der Waals surface area (Å²) in [7, 11) is 0. The van der Waals surface area contributed by atoms with Crippen molar-refractivity contribution >= 4 is 28.4 Å². The summed E-state index contributed by atoms with van der Waals surface area (Å²) in [5.41, 5.74) is 0.798. The van der Waals surface area contributed by atoms with Crippen LogP contribution in [-0.2, 0) is 0 Å². The van der Waals surface area contributed by atoms with Crippen LogP contribution in [0, 0.1) is 19.7 Å². The molecule has 0 atom stereocenters. The van der Waals surface area contributed by atoms with Crippen LogP contribution in [-0.4, -0.2) is 10.9 Å². The van der Waals surface area contributed by atoms with Gasteiger partial charge in [-0.3, -0.25) is 4.79 Å². The number of aryl methyl sites for hydroxylation is 2. The van der Waals surface area contributed by atoms with E-state index in [0.717, 1.165) is 6.07 Å². The van der Waals surface area contributed by atoms with Crippen LogP contribution >= 0.6 is 11.6 Å². The smallest absolute Gasteiger partial charge is 0.233 e. The monoisotopic (exact) mass is 293 g/mol. The summed E-state index contributed by atoms with van der Waals surface area (Å²) in [5, 5.41) is 4.39. The summed E-state index contributed by atoms with van der Waals surface area (Å²) in [6.45, 7) is 3.29. The molecule has 0 fully saturated rings. The highest BCUT2D eigenvalue weighted by atomic mass is 35.5. The van der Waals surface area contributed by atoms with Gasteiger partial charge in [0.2, 0.25) is 5.78 Å². The van der Waals surface area contributed by atoms with Gasteiger partial charge in [-0.25, -0.2) is 4.39 Å². The van der Waals surface area contributed by atoms with Gasteiger partial charge in [0.15, 0.2) is 17.2 Å². The van der Waals surface area contributed by atoms with E-state index in [1.807, 2.05) is 0 Å². The molecule has 4 nitrogen and oxygen atoms in total. The molecule has 0 unspecified atom stereocenters. The Labute approximate surface area is 118 Å². The zero-order valence-corrected chi connectivity index (χ0v) is 11.4. The third-order valence-electron chi connectivity index (χ3n) is 3.02. The number of hydrogen-bond acceptors (Lipinski definition) is 4. The van der Waals surface area contributed by atoms with Crippen molar-refractivity contribution in [3.8, 4) is 0 Å². The van der Waals surface area contributed by atoms with Crippen LogP contribution in [0.25, 0.3) is 11.0 Å². The van der Waals surface area contributed by atoms with E-state index in [2.05, 4.69) is 5.16 Å². The molecule has 3 rings (SSSR count). The van der Waals surface area contributed by atoms with Gasteiger partial charge in [0.1, 0.15) is 5.76 Å². The molecule has 1 aromatic carbocycles. The van der Waals surface area contributed by atoms with E-state index < -0.39 is 11.6 Å². The Hall–Kier alpha value is -2.14. The first kappa shape index (κ1) is 12.9. The number of benzene rings is 1. The Bertz CT molecular complexity index is 815. The normalized spacial score (nSPS) is 11.2. The molecule has 2 aromatic heterocycles. The number of hydrogen-bond donors (Lipinski definition) is 0. The van der Waals surface area contributed by atoms with Gasteiger partial charge < -0.3 is 8.94 Å². The number of nitrogens with zero attached hydrogens (tertiary/aromatic N) is 1. The van der Waals surface area contributed by atoms with E-state index in [9.17, 15) is 9.18 Å². The molecule has 102 valence electrons. The molecule has 0 spiro atoms. The number of carbonyl (C=O) groups is 1. The Balaban J connectivity index is 2.16. The second kappa shape index (κ2) is 4.45. The average molecular weight is 294 g/mol. The first-order chi connectivity index (χ1) is 9.47. The van der Waals surface area contributed by atoms with E-state index in [1.165, 1.54) is 12.1 Å². The number of ketones is 1. The fraction of sp³-hybridized carbons (Fsp3) is 0.143. The highest BCUT2D eigenvalue weighted by molar-refractivity contribution is 6.31. The highest BCUT2D eigenvalue weighted by Crippen LogP contribution is 2.28. The van der Waals surface area contributed by atoms with Crippen molar-refractivity contribution in [3.63, 3.8) is 0 Å².